The minimum absolute atomic E-state index is 0.0819. The summed E-state index contributed by atoms with van der Waals surface area (Å²) in [6.07, 6.45) is 2.22. The zero-order valence-corrected chi connectivity index (χ0v) is 23.1. The predicted molar refractivity (Wildman–Crippen MR) is 152 cm³/mol. The Bertz CT molecular complexity index is 1220. The SMILES string of the molecule is CCCCNNC(=O)[C@@]1(Cc2ccccc2Br)N=C(c2ccc(OCCCO)cc2)O[C@H]1c1ccccc1. The number of hydrazine groups is 1. The number of nitrogens with zero attached hydrogens (tertiary/aromatic N) is 1. The van der Waals surface area contributed by atoms with E-state index in [2.05, 4.69) is 33.7 Å². The van der Waals surface area contributed by atoms with Gasteiger partial charge in [-0.15, -0.1) is 0 Å². The van der Waals surface area contributed by atoms with Gasteiger partial charge in [-0.3, -0.25) is 10.2 Å². The lowest BCUT2D eigenvalue weighted by Crippen LogP contribution is -2.54. The van der Waals surface area contributed by atoms with Gasteiger partial charge in [0.05, 0.1) is 6.61 Å². The maximum Gasteiger partial charge on any atom is 0.266 e. The predicted octanol–water partition coefficient (Wildman–Crippen LogP) is 5.13. The number of ether oxygens (including phenoxy) is 2. The van der Waals surface area contributed by atoms with Crippen molar-refractivity contribution in [3.8, 4) is 5.75 Å². The monoisotopic (exact) mass is 579 g/mol. The highest BCUT2D eigenvalue weighted by molar-refractivity contribution is 9.10. The fourth-order valence-corrected chi connectivity index (χ4v) is 4.78. The summed E-state index contributed by atoms with van der Waals surface area (Å²) in [6.45, 7) is 3.29. The summed E-state index contributed by atoms with van der Waals surface area (Å²) in [4.78, 5) is 19.0. The summed E-state index contributed by atoms with van der Waals surface area (Å²) in [6, 6.07) is 25.1. The first-order valence-electron chi connectivity index (χ1n) is 13.0. The molecule has 0 spiro atoms. The Morgan fingerprint density at radius 1 is 1.05 bits per heavy atom. The number of aliphatic hydroxyl groups is 1. The Kier molecular flexibility index (Phi) is 9.92. The maximum absolute atomic E-state index is 14.0. The van der Waals surface area contributed by atoms with Gasteiger partial charge in [0, 0.05) is 36.0 Å². The molecule has 1 amide bonds. The molecule has 3 aromatic rings. The van der Waals surface area contributed by atoms with Crippen LogP contribution in [0.1, 0.15) is 49.0 Å². The van der Waals surface area contributed by atoms with Crippen LogP contribution in [0.25, 0.3) is 0 Å². The molecule has 200 valence electrons. The normalized spacial score (nSPS) is 18.5. The van der Waals surface area contributed by atoms with E-state index in [1.807, 2.05) is 78.9 Å². The van der Waals surface area contributed by atoms with Crippen molar-refractivity contribution in [2.75, 3.05) is 19.8 Å². The number of halogens is 1. The van der Waals surface area contributed by atoms with Crippen LogP contribution >= 0.6 is 15.9 Å². The van der Waals surface area contributed by atoms with Gasteiger partial charge >= 0.3 is 0 Å². The van der Waals surface area contributed by atoms with Gasteiger partial charge in [-0.2, -0.15) is 0 Å². The summed E-state index contributed by atoms with van der Waals surface area (Å²) in [7, 11) is 0. The molecule has 1 heterocycles. The standard InChI is InChI=1S/C30H34BrN3O4/c1-2-3-18-32-34-29(36)30(21-24-12-7-8-13-26(24)31)27(22-10-5-4-6-11-22)38-28(33-30)23-14-16-25(17-15-23)37-20-9-19-35/h4-8,10-17,27,32,35H,2-3,9,18-21H2,1H3,(H,34,36)/t27-,30-/m0/s1. The highest BCUT2D eigenvalue weighted by Crippen LogP contribution is 2.43. The lowest BCUT2D eigenvalue weighted by Gasteiger charge is -2.31. The molecule has 0 aromatic heterocycles. The van der Waals surface area contributed by atoms with Crippen molar-refractivity contribution >= 4 is 27.7 Å². The van der Waals surface area contributed by atoms with Crippen LogP contribution in [0.4, 0.5) is 0 Å². The van der Waals surface area contributed by atoms with Gasteiger partial charge < -0.3 is 14.6 Å². The smallest absolute Gasteiger partial charge is 0.266 e. The van der Waals surface area contributed by atoms with Crippen LogP contribution in [0, 0.1) is 0 Å². The average molecular weight is 581 g/mol. The molecular formula is C30H34BrN3O4. The number of unbranched alkanes of at least 4 members (excludes halogenated alkanes) is 1. The summed E-state index contributed by atoms with van der Waals surface area (Å²) in [5, 5.41) is 9.00. The van der Waals surface area contributed by atoms with Crippen LogP contribution in [-0.4, -0.2) is 42.2 Å². The van der Waals surface area contributed by atoms with Crippen LogP contribution < -0.4 is 15.6 Å². The van der Waals surface area contributed by atoms with Gasteiger partial charge in [0.25, 0.3) is 5.91 Å². The Balaban J connectivity index is 1.73. The Morgan fingerprint density at radius 3 is 2.50 bits per heavy atom. The van der Waals surface area contributed by atoms with E-state index in [0.29, 0.717) is 37.6 Å². The number of carbonyl (C=O) groups excluding carboxylic acids is 1. The van der Waals surface area contributed by atoms with Crippen molar-refractivity contribution in [3.05, 3.63) is 100 Å². The minimum atomic E-state index is -1.25. The third kappa shape index (κ3) is 6.62. The molecule has 2 atom stereocenters. The molecule has 8 heteroatoms. The molecule has 4 rings (SSSR count). The van der Waals surface area contributed by atoms with Crippen LogP contribution in [0.15, 0.2) is 88.3 Å². The number of carbonyl (C=O) groups is 1. The zero-order valence-electron chi connectivity index (χ0n) is 21.5. The Hall–Kier alpha value is -3.20. The van der Waals surface area contributed by atoms with E-state index >= 15 is 0 Å². The molecule has 0 aliphatic carbocycles. The highest BCUT2D eigenvalue weighted by atomic mass is 79.9. The van der Waals surface area contributed by atoms with Crippen LogP contribution in [-0.2, 0) is 16.0 Å². The van der Waals surface area contributed by atoms with Crippen molar-refractivity contribution in [2.24, 2.45) is 4.99 Å². The number of nitrogens with one attached hydrogen (secondary N) is 2. The zero-order chi connectivity index (χ0) is 26.8. The molecule has 0 saturated carbocycles. The Morgan fingerprint density at radius 2 is 1.79 bits per heavy atom. The molecule has 3 N–H and O–H groups in total. The minimum Gasteiger partial charge on any atom is -0.494 e. The van der Waals surface area contributed by atoms with Crippen molar-refractivity contribution in [1.82, 2.24) is 10.9 Å². The van der Waals surface area contributed by atoms with Crippen LogP contribution in [0.2, 0.25) is 0 Å². The Labute approximate surface area is 232 Å². The molecule has 0 unspecified atom stereocenters. The quantitative estimate of drug-likeness (QED) is 0.193. The molecule has 0 fully saturated rings. The number of benzene rings is 3. The lowest BCUT2D eigenvalue weighted by molar-refractivity contribution is -0.130. The van der Waals surface area contributed by atoms with Gasteiger partial charge in [-0.05, 0) is 47.9 Å². The molecule has 3 aromatic carbocycles. The fourth-order valence-electron chi connectivity index (χ4n) is 4.36. The van der Waals surface area contributed by atoms with Crippen molar-refractivity contribution in [2.45, 2.75) is 44.2 Å². The van der Waals surface area contributed by atoms with Crippen molar-refractivity contribution < 1.29 is 19.4 Å². The van der Waals surface area contributed by atoms with E-state index in [4.69, 9.17) is 19.6 Å². The second-order valence-electron chi connectivity index (χ2n) is 9.20. The van der Waals surface area contributed by atoms with Crippen LogP contribution in [0.3, 0.4) is 0 Å². The summed E-state index contributed by atoms with van der Waals surface area (Å²) >= 11 is 3.65. The topological polar surface area (TPSA) is 92.2 Å². The van der Waals surface area contributed by atoms with E-state index in [1.54, 1.807) is 0 Å². The maximum atomic E-state index is 14.0. The number of hydrogen-bond donors (Lipinski definition) is 3. The van der Waals surface area contributed by atoms with Crippen molar-refractivity contribution in [3.63, 3.8) is 0 Å². The van der Waals surface area contributed by atoms with Gasteiger partial charge in [0.1, 0.15) is 5.75 Å². The first kappa shape index (κ1) is 27.8. The van der Waals surface area contributed by atoms with E-state index in [-0.39, 0.29) is 12.5 Å². The second-order valence-corrected chi connectivity index (χ2v) is 10.1. The fraction of sp³-hybridized carbons (Fsp3) is 0.333. The first-order chi connectivity index (χ1) is 18.6. The molecule has 0 radical (unpaired) electrons. The molecule has 7 nitrogen and oxygen atoms in total. The second kappa shape index (κ2) is 13.6. The van der Waals surface area contributed by atoms with E-state index in [0.717, 1.165) is 34.0 Å². The number of hydrogen-bond acceptors (Lipinski definition) is 6. The van der Waals surface area contributed by atoms with Crippen molar-refractivity contribution in [1.29, 1.82) is 0 Å². The lowest BCUT2D eigenvalue weighted by atomic mass is 9.82. The third-order valence-corrected chi connectivity index (χ3v) is 7.18. The van der Waals surface area contributed by atoms with E-state index in [1.165, 1.54) is 0 Å². The number of amides is 1. The summed E-state index contributed by atoms with van der Waals surface area (Å²) in [5.74, 6) is 0.839. The molecular weight excluding hydrogens is 546 g/mol. The van der Waals surface area contributed by atoms with E-state index in [9.17, 15) is 4.79 Å². The molecule has 0 bridgehead atoms. The number of rotatable bonds is 13. The molecule has 0 saturated heterocycles. The third-order valence-electron chi connectivity index (χ3n) is 6.41. The molecule has 1 aliphatic heterocycles. The van der Waals surface area contributed by atoms with Gasteiger partial charge in [0.2, 0.25) is 5.90 Å². The highest BCUT2D eigenvalue weighted by Gasteiger charge is 2.53. The number of aliphatic hydroxyl groups excluding tert-OH is 1. The molecule has 1 aliphatic rings. The summed E-state index contributed by atoms with van der Waals surface area (Å²) < 4.78 is 13.1. The summed E-state index contributed by atoms with van der Waals surface area (Å²) in [5.41, 5.74) is 7.31. The average Bonchev–Trinajstić information content (AvgIpc) is 3.34. The molecule has 38 heavy (non-hydrogen) atoms. The van der Waals surface area contributed by atoms with E-state index < -0.39 is 11.6 Å². The van der Waals surface area contributed by atoms with Gasteiger partial charge in [-0.25, -0.2) is 10.4 Å². The van der Waals surface area contributed by atoms with Gasteiger partial charge in [-0.1, -0.05) is 77.8 Å². The van der Waals surface area contributed by atoms with Crippen LogP contribution in [0.5, 0.6) is 5.75 Å². The first-order valence-corrected chi connectivity index (χ1v) is 13.8. The number of aliphatic imine (C=N–C) groups is 1. The largest absolute Gasteiger partial charge is 0.494 e. The van der Waals surface area contributed by atoms with Gasteiger partial charge in [0.15, 0.2) is 11.6 Å².